The molecule has 1 aromatic heterocycles. The van der Waals surface area contributed by atoms with Gasteiger partial charge in [0.2, 0.25) is 0 Å². The second-order valence-corrected chi connectivity index (χ2v) is 4.33. The highest BCUT2D eigenvalue weighted by atomic mass is 32.1. The highest BCUT2D eigenvalue weighted by molar-refractivity contribution is 7.12. The van der Waals surface area contributed by atoms with Crippen LogP contribution in [0.5, 0.6) is 0 Å². The molecule has 0 aliphatic rings. The van der Waals surface area contributed by atoms with Crippen molar-refractivity contribution in [2.45, 2.75) is 32.7 Å². The maximum absolute atomic E-state index is 11.8. The minimum Gasteiger partial charge on any atom is -0.348 e. The van der Waals surface area contributed by atoms with E-state index in [2.05, 4.69) is 11.2 Å². The summed E-state index contributed by atoms with van der Waals surface area (Å²) in [6, 6.07) is 2.03. The Kier molecular flexibility index (Phi) is 4.38. The standard InChI is InChI=1S/C12H15NOS/c1-4-6-9(3)13-12(14)11-10(5-2)7-8-15-11/h1,7-9H,5-6H2,2-3H3,(H,13,14). The Balaban J connectivity index is 2.65. The number of thiophene rings is 1. The van der Waals surface area contributed by atoms with Gasteiger partial charge in [-0.2, -0.15) is 0 Å². The molecule has 1 atom stereocenters. The Morgan fingerprint density at radius 2 is 2.47 bits per heavy atom. The van der Waals surface area contributed by atoms with Crippen LogP contribution < -0.4 is 5.32 Å². The summed E-state index contributed by atoms with van der Waals surface area (Å²) in [6.07, 6.45) is 6.63. The Bertz CT molecular complexity index is 375. The zero-order chi connectivity index (χ0) is 11.3. The normalized spacial score (nSPS) is 11.8. The van der Waals surface area contributed by atoms with Crippen LogP contribution in [0.25, 0.3) is 0 Å². The first-order valence-corrected chi connectivity index (χ1v) is 5.87. The number of carbonyl (C=O) groups excluding carboxylic acids is 1. The van der Waals surface area contributed by atoms with Crippen molar-refractivity contribution in [1.29, 1.82) is 0 Å². The Morgan fingerprint density at radius 3 is 3.07 bits per heavy atom. The number of terminal acetylenes is 1. The van der Waals surface area contributed by atoms with Gasteiger partial charge in [-0.05, 0) is 30.4 Å². The smallest absolute Gasteiger partial charge is 0.261 e. The number of aryl methyl sites for hydroxylation is 1. The van der Waals surface area contributed by atoms with Crippen LogP contribution >= 0.6 is 11.3 Å². The first kappa shape index (κ1) is 11.8. The van der Waals surface area contributed by atoms with E-state index in [1.165, 1.54) is 11.3 Å². The molecule has 1 rings (SSSR count). The van der Waals surface area contributed by atoms with Crippen LogP contribution in [0.15, 0.2) is 11.4 Å². The fourth-order valence-corrected chi connectivity index (χ4v) is 2.23. The van der Waals surface area contributed by atoms with Crippen LogP contribution in [0, 0.1) is 12.3 Å². The average molecular weight is 221 g/mol. The summed E-state index contributed by atoms with van der Waals surface area (Å²) in [6.45, 7) is 3.96. The van der Waals surface area contributed by atoms with Crippen molar-refractivity contribution in [2.24, 2.45) is 0 Å². The third-order valence-corrected chi connectivity index (χ3v) is 3.09. The van der Waals surface area contributed by atoms with E-state index in [9.17, 15) is 4.79 Å². The minimum atomic E-state index is -0.00963. The van der Waals surface area contributed by atoms with E-state index in [0.29, 0.717) is 6.42 Å². The summed E-state index contributed by atoms with van der Waals surface area (Å²) in [5.41, 5.74) is 1.10. The molecule has 15 heavy (non-hydrogen) atoms. The molecule has 3 heteroatoms. The van der Waals surface area contributed by atoms with Crippen molar-refractivity contribution < 1.29 is 4.79 Å². The first-order chi connectivity index (χ1) is 7.19. The highest BCUT2D eigenvalue weighted by Crippen LogP contribution is 2.17. The lowest BCUT2D eigenvalue weighted by atomic mass is 10.2. The molecule has 1 N–H and O–H groups in total. The average Bonchev–Trinajstić information content (AvgIpc) is 2.65. The zero-order valence-corrected chi connectivity index (χ0v) is 9.86. The molecule has 1 heterocycles. The van der Waals surface area contributed by atoms with E-state index in [1.54, 1.807) is 0 Å². The lowest BCUT2D eigenvalue weighted by molar-refractivity contribution is 0.0944. The van der Waals surface area contributed by atoms with Gasteiger partial charge in [0.15, 0.2) is 0 Å². The molecular weight excluding hydrogens is 206 g/mol. The van der Waals surface area contributed by atoms with E-state index < -0.39 is 0 Å². The van der Waals surface area contributed by atoms with E-state index >= 15 is 0 Å². The van der Waals surface area contributed by atoms with Crippen molar-refractivity contribution in [1.82, 2.24) is 5.32 Å². The molecule has 0 aliphatic heterocycles. The van der Waals surface area contributed by atoms with E-state index in [-0.39, 0.29) is 11.9 Å². The molecule has 0 aromatic carbocycles. The van der Waals surface area contributed by atoms with Crippen LogP contribution in [0.2, 0.25) is 0 Å². The maximum atomic E-state index is 11.8. The Hall–Kier alpha value is -1.27. The summed E-state index contributed by atoms with van der Waals surface area (Å²) < 4.78 is 0. The second-order valence-electron chi connectivity index (χ2n) is 3.41. The van der Waals surface area contributed by atoms with Gasteiger partial charge in [-0.3, -0.25) is 4.79 Å². The maximum Gasteiger partial charge on any atom is 0.261 e. The molecular formula is C12H15NOS. The molecule has 1 unspecified atom stereocenters. The van der Waals surface area contributed by atoms with Crippen molar-refractivity contribution in [3.05, 3.63) is 21.9 Å². The number of hydrogen-bond acceptors (Lipinski definition) is 2. The first-order valence-electron chi connectivity index (χ1n) is 4.99. The zero-order valence-electron chi connectivity index (χ0n) is 9.04. The molecule has 0 aliphatic carbocycles. The Morgan fingerprint density at radius 1 is 1.73 bits per heavy atom. The molecule has 2 nitrogen and oxygen atoms in total. The highest BCUT2D eigenvalue weighted by Gasteiger charge is 2.13. The molecule has 0 bridgehead atoms. The lowest BCUT2D eigenvalue weighted by Crippen LogP contribution is -2.32. The molecule has 0 saturated carbocycles. The van der Waals surface area contributed by atoms with E-state index in [4.69, 9.17) is 6.42 Å². The van der Waals surface area contributed by atoms with E-state index in [0.717, 1.165) is 16.9 Å². The minimum absolute atomic E-state index is 0.00963. The summed E-state index contributed by atoms with van der Waals surface area (Å²) >= 11 is 1.48. The number of nitrogens with one attached hydrogen (secondary N) is 1. The molecule has 1 aromatic rings. The van der Waals surface area contributed by atoms with Gasteiger partial charge in [0, 0.05) is 12.5 Å². The SMILES string of the molecule is C#CCC(C)NC(=O)c1sccc1CC. The number of rotatable bonds is 4. The van der Waals surface area contributed by atoms with Gasteiger partial charge in [-0.15, -0.1) is 23.7 Å². The van der Waals surface area contributed by atoms with Crippen LogP contribution in [-0.2, 0) is 6.42 Å². The van der Waals surface area contributed by atoms with Gasteiger partial charge in [0.05, 0.1) is 4.88 Å². The third kappa shape index (κ3) is 3.10. The van der Waals surface area contributed by atoms with Gasteiger partial charge in [0.25, 0.3) is 5.91 Å². The molecule has 0 fully saturated rings. The fourth-order valence-electron chi connectivity index (χ4n) is 1.33. The largest absolute Gasteiger partial charge is 0.348 e. The molecule has 0 radical (unpaired) electrons. The molecule has 1 amide bonds. The lowest BCUT2D eigenvalue weighted by Gasteiger charge is -2.10. The van der Waals surface area contributed by atoms with Gasteiger partial charge >= 0.3 is 0 Å². The number of hydrogen-bond donors (Lipinski definition) is 1. The molecule has 0 saturated heterocycles. The Labute approximate surface area is 94.7 Å². The number of carbonyl (C=O) groups is 1. The molecule has 80 valence electrons. The summed E-state index contributed by atoms with van der Waals surface area (Å²) in [4.78, 5) is 12.6. The number of amides is 1. The van der Waals surface area contributed by atoms with Gasteiger partial charge in [0.1, 0.15) is 0 Å². The second kappa shape index (κ2) is 5.57. The molecule has 0 spiro atoms. The topological polar surface area (TPSA) is 29.1 Å². The van der Waals surface area contributed by atoms with Gasteiger partial charge in [-0.1, -0.05) is 6.92 Å². The van der Waals surface area contributed by atoms with Crippen LogP contribution in [-0.4, -0.2) is 11.9 Å². The quantitative estimate of drug-likeness (QED) is 0.777. The van der Waals surface area contributed by atoms with E-state index in [1.807, 2.05) is 25.3 Å². The van der Waals surface area contributed by atoms with Crippen molar-refractivity contribution in [3.8, 4) is 12.3 Å². The summed E-state index contributed by atoms with van der Waals surface area (Å²) in [7, 11) is 0. The van der Waals surface area contributed by atoms with Crippen LogP contribution in [0.4, 0.5) is 0 Å². The predicted molar refractivity (Wildman–Crippen MR) is 64.1 cm³/mol. The monoisotopic (exact) mass is 221 g/mol. The summed E-state index contributed by atoms with van der Waals surface area (Å²) in [5.74, 6) is 2.53. The van der Waals surface area contributed by atoms with Gasteiger partial charge in [-0.25, -0.2) is 0 Å². The third-order valence-electron chi connectivity index (χ3n) is 2.14. The predicted octanol–water partition coefficient (Wildman–Crippen LogP) is 2.45. The summed E-state index contributed by atoms with van der Waals surface area (Å²) in [5, 5.41) is 4.83. The van der Waals surface area contributed by atoms with Crippen molar-refractivity contribution >= 4 is 17.2 Å². The fraction of sp³-hybridized carbons (Fsp3) is 0.417. The van der Waals surface area contributed by atoms with Crippen LogP contribution in [0.1, 0.15) is 35.5 Å². The van der Waals surface area contributed by atoms with Gasteiger partial charge < -0.3 is 5.32 Å². The van der Waals surface area contributed by atoms with Crippen molar-refractivity contribution in [2.75, 3.05) is 0 Å². The van der Waals surface area contributed by atoms with Crippen LogP contribution in [0.3, 0.4) is 0 Å². The van der Waals surface area contributed by atoms with Crippen molar-refractivity contribution in [3.63, 3.8) is 0 Å².